The Kier molecular flexibility index (Phi) is 6.64. The van der Waals surface area contributed by atoms with Crippen molar-refractivity contribution in [3.05, 3.63) is 71.8 Å². The van der Waals surface area contributed by atoms with Crippen LogP contribution in [-0.4, -0.2) is 62.1 Å². The van der Waals surface area contributed by atoms with Gasteiger partial charge in [0.2, 0.25) is 5.91 Å². The lowest BCUT2D eigenvalue weighted by molar-refractivity contribution is -0.113. The predicted molar refractivity (Wildman–Crippen MR) is 141 cm³/mol. The summed E-state index contributed by atoms with van der Waals surface area (Å²) in [7, 11) is 0. The smallest absolute Gasteiger partial charge is 0.253 e. The van der Waals surface area contributed by atoms with E-state index in [1.165, 1.54) is 6.21 Å². The lowest BCUT2D eigenvalue weighted by Crippen LogP contribution is -2.28. The summed E-state index contributed by atoms with van der Waals surface area (Å²) in [5, 5.41) is 18.0. The number of pyridine rings is 1. The highest BCUT2D eigenvalue weighted by Gasteiger charge is 2.29. The second-order valence-corrected chi connectivity index (χ2v) is 8.83. The molecule has 0 saturated carbocycles. The van der Waals surface area contributed by atoms with E-state index in [0.29, 0.717) is 24.3 Å². The fourth-order valence-corrected chi connectivity index (χ4v) is 4.62. The zero-order chi connectivity index (χ0) is 25.1. The van der Waals surface area contributed by atoms with Crippen LogP contribution in [0.15, 0.2) is 54.9 Å². The first-order valence-electron chi connectivity index (χ1n) is 11.5. The second-order valence-electron chi connectivity index (χ2n) is 8.56. The van der Waals surface area contributed by atoms with Crippen LogP contribution in [0.1, 0.15) is 34.1 Å². The van der Waals surface area contributed by atoms with Crippen LogP contribution in [0.4, 0.5) is 5.69 Å². The first-order chi connectivity index (χ1) is 17.6. The van der Waals surface area contributed by atoms with Gasteiger partial charge in [0.1, 0.15) is 11.5 Å². The van der Waals surface area contributed by atoms with E-state index < -0.39 is 0 Å². The van der Waals surface area contributed by atoms with Gasteiger partial charge in [-0.15, -0.1) is 11.6 Å². The molecule has 182 valence electrons. The summed E-state index contributed by atoms with van der Waals surface area (Å²) in [6, 6.07) is 10.9. The van der Waals surface area contributed by atoms with E-state index in [4.69, 9.17) is 17.0 Å². The van der Waals surface area contributed by atoms with Crippen LogP contribution in [-0.2, 0) is 4.79 Å². The van der Waals surface area contributed by atoms with Crippen molar-refractivity contribution in [2.75, 3.05) is 24.3 Å². The Balaban J connectivity index is 1.34. The zero-order valence-corrected chi connectivity index (χ0v) is 20.0. The average molecular weight is 502 g/mol. The molecule has 1 atom stereocenters. The molecule has 0 radical (unpaired) electrons. The molecule has 3 aromatic heterocycles. The molecule has 10 heteroatoms. The van der Waals surface area contributed by atoms with Gasteiger partial charge < -0.3 is 20.6 Å². The molecule has 9 nitrogen and oxygen atoms in total. The van der Waals surface area contributed by atoms with E-state index in [0.717, 1.165) is 40.0 Å². The van der Waals surface area contributed by atoms with Crippen molar-refractivity contribution >= 4 is 52.4 Å². The number of aromatic amines is 2. The molecule has 2 amide bonds. The maximum Gasteiger partial charge on any atom is 0.253 e. The average Bonchev–Trinajstić information content (AvgIpc) is 3.66. The Morgan fingerprint density at radius 2 is 2.06 bits per heavy atom. The Labute approximate surface area is 212 Å². The standard InChI is InChI=1S/C26H24ClN7O2/c27-13-24(35)31-18-5-3-16(4-6-18)26(36)34-11-8-17(15-34)23-12-20-19(7-10-29-25(20)32-23)21-14-30-33-22(21)2-1-9-28/h1-7,9-10,12,14,17,28H,8,11,13,15H2,(H,29,32)(H,30,33)(H,31,35)/b2-1-,28-9?. The van der Waals surface area contributed by atoms with Gasteiger partial charge >= 0.3 is 0 Å². The number of rotatable bonds is 7. The summed E-state index contributed by atoms with van der Waals surface area (Å²) < 4.78 is 0. The summed E-state index contributed by atoms with van der Waals surface area (Å²) >= 11 is 5.53. The fraction of sp³-hybridized carbons (Fsp3) is 0.192. The van der Waals surface area contributed by atoms with Crippen molar-refractivity contribution in [1.29, 1.82) is 5.41 Å². The normalized spacial score (nSPS) is 15.6. The van der Waals surface area contributed by atoms with E-state index in [1.54, 1.807) is 42.7 Å². The zero-order valence-electron chi connectivity index (χ0n) is 19.3. The number of amides is 2. The Morgan fingerprint density at radius 1 is 1.22 bits per heavy atom. The van der Waals surface area contributed by atoms with Crippen LogP contribution in [0, 0.1) is 5.41 Å². The number of carbonyl (C=O) groups is 2. The quantitative estimate of drug-likeness (QED) is 0.220. The highest BCUT2D eigenvalue weighted by atomic mass is 35.5. The van der Waals surface area contributed by atoms with Crippen molar-refractivity contribution in [2.24, 2.45) is 0 Å². The maximum absolute atomic E-state index is 13.1. The molecule has 0 bridgehead atoms. The van der Waals surface area contributed by atoms with Crippen molar-refractivity contribution in [1.82, 2.24) is 25.1 Å². The van der Waals surface area contributed by atoms with Gasteiger partial charge in [-0.2, -0.15) is 5.10 Å². The van der Waals surface area contributed by atoms with E-state index in [9.17, 15) is 9.59 Å². The van der Waals surface area contributed by atoms with Crippen molar-refractivity contribution in [2.45, 2.75) is 12.3 Å². The third-order valence-electron chi connectivity index (χ3n) is 6.32. The molecule has 0 aliphatic carbocycles. The van der Waals surface area contributed by atoms with Gasteiger partial charge in [0, 0.05) is 59.3 Å². The number of likely N-dealkylation sites (tertiary alicyclic amines) is 1. The molecule has 1 aliphatic rings. The number of nitrogens with one attached hydrogen (secondary N) is 4. The highest BCUT2D eigenvalue weighted by molar-refractivity contribution is 6.29. The van der Waals surface area contributed by atoms with Crippen LogP contribution in [0.2, 0.25) is 0 Å². The number of alkyl halides is 1. The number of nitrogens with zero attached hydrogens (tertiary/aromatic N) is 3. The molecule has 1 aliphatic heterocycles. The number of aromatic nitrogens is 4. The number of carbonyl (C=O) groups excluding carboxylic acids is 2. The largest absolute Gasteiger partial charge is 0.343 e. The summed E-state index contributed by atoms with van der Waals surface area (Å²) in [5.74, 6) is -0.282. The van der Waals surface area contributed by atoms with Gasteiger partial charge in [-0.1, -0.05) is 0 Å². The van der Waals surface area contributed by atoms with Gasteiger partial charge in [-0.25, -0.2) is 4.98 Å². The number of hydrogen-bond acceptors (Lipinski definition) is 5. The molecule has 1 saturated heterocycles. The van der Waals surface area contributed by atoms with Crippen molar-refractivity contribution in [3.63, 3.8) is 0 Å². The predicted octanol–water partition coefficient (Wildman–Crippen LogP) is 4.42. The van der Waals surface area contributed by atoms with E-state index >= 15 is 0 Å². The van der Waals surface area contributed by atoms with Gasteiger partial charge in [0.15, 0.2) is 0 Å². The van der Waals surface area contributed by atoms with Gasteiger partial charge in [-0.3, -0.25) is 14.7 Å². The molecule has 4 aromatic rings. The number of fused-ring (bicyclic) bond motifs is 1. The molecule has 4 N–H and O–H groups in total. The minimum Gasteiger partial charge on any atom is -0.343 e. The van der Waals surface area contributed by atoms with E-state index in [1.807, 2.05) is 17.0 Å². The minimum atomic E-state index is -0.291. The molecule has 1 aromatic carbocycles. The SMILES string of the molecule is N=C/C=C\c1[nH]ncc1-c1ccnc2[nH]c(C3CCN(C(=O)c4ccc(NC(=O)CCl)cc4)C3)cc12. The number of H-pyrrole nitrogens is 2. The first kappa shape index (κ1) is 23.5. The van der Waals surface area contributed by atoms with Crippen LogP contribution in [0.25, 0.3) is 28.2 Å². The molecular weight excluding hydrogens is 478 g/mol. The van der Waals surface area contributed by atoms with E-state index in [-0.39, 0.29) is 23.6 Å². The number of benzene rings is 1. The van der Waals surface area contributed by atoms with Crippen LogP contribution < -0.4 is 5.32 Å². The molecule has 1 fully saturated rings. The van der Waals surface area contributed by atoms with Crippen LogP contribution >= 0.6 is 11.6 Å². The monoisotopic (exact) mass is 501 g/mol. The third-order valence-corrected chi connectivity index (χ3v) is 6.57. The number of hydrogen-bond donors (Lipinski definition) is 4. The van der Waals surface area contributed by atoms with Crippen molar-refractivity contribution in [3.8, 4) is 11.1 Å². The minimum absolute atomic E-state index is 0.0383. The van der Waals surface area contributed by atoms with Gasteiger partial charge in [0.25, 0.3) is 5.91 Å². The van der Waals surface area contributed by atoms with Crippen LogP contribution in [0.3, 0.4) is 0 Å². The molecule has 4 heterocycles. The number of halogens is 1. The Bertz CT molecular complexity index is 1450. The molecule has 36 heavy (non-hydrogen) atoms. The summed E-state index contributed by atoms with van der Waals surface area (Å²) in [6.07, 6.45) is 9.06. The topological polar surface area (TPSA) is 131 Å². The summed E-state index contributed by atoms with van der Waals surface area (Å²) in [6.45, 7) is 1.26. The first-order valence-corrected chi connectivity index (χ1v) is 12.0. The summed E-state index contributed by atoms with van der Waals surface area (Å²) in [5.41, 5.74) is 5.75. The lowest BCUT2D eigenvalue weighted by Gasteiger charge is -2.16. The van der Waals surface area contributed by atoms with Crippen molar-refractivity contribution < 1.29 is 9.59 Å². The Hall–Kier alpha value is -4.24. The molecule has 1 unspecified atom stereocenters. The van der Waals surface area contributed by atoms with E-state index in [2.05, 4.69) is 31.5 Å². The third kappa shape index (κ3) is 4.65. The molecule has 5 rings (SSSR count). The van der Waals surface area contributed by atoms with Gasteiger partial charge in [0.05, 0.1) is 11.9 Å². The number of allylic oxidation sites excluding steroid dienone is 1. The number of anilines is 1. The fourth-order valence-electron chi connectivity index (χ4n) is 4.56. The molecule has 0 spiro atoms. The molecular formula is C26H24ClN7O2. The van der Waals surface area contributed by atoms with Crippen LogP contribution in [0.5, 0.6) is 0 Å². The lowest BCUT2D eigenvalue weighted by atomic mass is 10.0. The maximum atomic E-state index is 13.1. The Morgan fingerprint density at radius 3 is 2.83 bits per heavy atom. The highest BCUT2D eigenvalue weighted by Crippen LogP contribution is 2.34. The summed E-state index contributed by atoms with van der Waals surface area (Å²) in [4.78, 5) is 34.3. The second kappa shape index (κ2) is 10.2. The van der Waals surface area contributed by atoms with Gasteiger partial charge in [-0.05, 0) is 60.5 Å².